The van der Waals surface area contributed by atoms with Crippen LogP contribution < -0.4 is 5.32 Å². The number of rotatable bonds is 10. The normalized spacial score (nSPS) is 19.3. The van der Waals surface area contributed by atoms with E-state index >= 15 is 0 Å². The van der Waals surface area contributed by atoms with Crippen LogP contribution in [0.5, 0.6) is 0 Å². The average Bonchev–Trinajstić information content (AvgIpc) is 2.24. The van der Waals surface area contributed by atoms with Crippen molar-refractivity contribution in [3.05, 3.63) is 0 Å². The lowest BCUT2D eigenvalue weighted by Gasteiger charge is -2.26. The lowest BCUT2D eigenvalue weighted by atomic mass is 9.98. The standard InChI is InChI=1S/C14H27NO/c1-2-3-4-5-6-7-8-9-10-11-13-12-14(16)15-13/h13H,2-12H2,1H3,(H,15,16)/t13-/m1/s1. The molecule has 1 amide bonds. The topological polar surface area (TPSA) is 29.1 Å². The van der Waals surface area contributed by atoms with E-state index in [0.717, 1.165) is 6.42 Å². The minimum Gasteiger partial charge on any atom is -0.353 e. The molecule has 1 heterocycles. The number of unbranched alkanes of at least 4 members (excludes halogenated alkanes) is 8. The van der Waals surface area contributed by atoms with Crippen molar-refractivity contribution < 1.29 is 4.79 Å². The fourth-order valence-electron chi connectivity index (χ4n) is 2.31. The zero-order valence-corrected chi connectivity index (χ0v) is 10.8. The second kappa shape index (κ2) is 8.60. The number of carbonyl (C=O) groups is 1. The molecule has 2 heteroatoms. The summed E-state index contributed by atoms with van der Waals surface area (Å²) < 4.78 is 0. The summed E-state index contributed by atoms with van der Waals surface area (Å²) in [5, 5.41) is 2.93. The highest BCUT2D eigenvalue weighted by atomic mass is 16.2. The molecule has 0 saturated carbocycles. The second-order valence-corrected chi connectivity index (χ2v) is 5.09. The van der Waals surface area contributed by atoms with E-state index in [4.69, 9.17) is 0 Å². The van der Waals surface area contributed by atoms with Gasteiger partial charge in [0.2, 0.25) is 5.91 Å². The number of nitrogens with one attached hydrogen (secondary N) is 1. The molecule has 0 unspecified atom stereocenters. The molecule has 0 aromatic rings. The lowest BCUT2D eigenvalue weighted by molar-refractivity contribution is -0.128. The van der Waals surface area contributed by atoms with E-state index < -0.39 is 0 Å². The van der Waals surface area contributed by atoms with Gasteiger partial charge in [-0.1, -0.05) is 64.7 Å². The molecule has 16 heavy (non-hydrogen) atoms. The van der Waals surface area contributed by atoms with Crippen molar-refractivity contribution in [2.75, 3.05) is 0 Å². The maximum absolute atomic E-state index is 10.7. The van der Waals surface area contributed by atoms with E-state index in [2.05, 4.69) is 12.2 Å². The maximum atomic E-state index is 10.7. The third-order valence-corrected chi connectivity index (χ3v) is 3.45. The van der Waals surface area contributed by atoms with E-state index in [1.54, 1.807) is 0 Å². The van der Waals surface area contributed by atoms with Gasteiger partial charge < -0.3 is 5.32 Å². The Balaban J connectivity index is 1.70. The van der Waals surface area contributed by atoms with Crippen LogP contribution in [0, 0.1) is 0 Å². The Labute approximate surface area is 100 Å². The van der Waals surface area contributed by atoms with Crippen LogP contribution in [0.2, 0.25) is 0 Å². The van der Waals surface area contributed by atoms with E-state index in [1.807, 2.05) is 0 Å². The predicted octanol–water partition coefficient (Wildman–Crippen LogP) is 3.80. The average molecular weight is 225 g/mol. The Kier molecular flexibility index (Phi) is 7.28. The Morgan fingerprint density at radius 1 is 1.00 bits per heavy atom. The molecule has 0 aliphatic carbocycles. The summed E-state index contributed by atoms with van der Waals surface area (Å²) in [4.78, 5) is 10.7. The minimum absolute atomic E-state index is 0.237. The summed E-state index contributed by atoms with van der Waals surface area (Å²) in [6.07, 6.45) is 14.4. The molecular weight excluding hydrogens is 198 g/mol. The largest absolute Gasteiger partial charge is 0.353 e. The molecule has 0 aromatic heterocycles. The number of hydrogen-bond donors (Lipinski definition) is 1. The van der Waals surface area contributed by atoms with Crippen LogP contribution in [0.15, 0.2) is 0 Å². The van der Waals surface area contributed by atoms with Gasteiger partial charge in [-0.05, 0) is 6.42 Å². The summed E-state index contributed by atoms with van der Waals surface area (Å²) in [5.41, 5.74) is 0. The summed E-state index contributed by atoms with van der Waals surface area (Å²) in [5.74, 6) is 0.237. The summed E-state index contributed by atoms with van der Waals surface area (Å²) >= 11 is 0. The van der Waals surface area contributed by atoms with Crippen LogP contribution in [0.25, 0.3) is 0 Å². The summed E-state index contributed by atoms with van der Waals surface area (Å²) in [6, 6.07) is 0.511. The van der Waals surface area contributed by atoms with Crippen molar-refractivity contribution in [3.8, 4) is 0 Å². The first kappa shape index (κ1) is 13.5. The quantitative estimate of drug-likeness (QED) is 0.445. The summed E-state index contributed by atoms with van der Waals surface area (Å²) in [7, 11) is 0. The first-order chi connectivity index (χ1) is 7.83. The first-order valence-corrected chi connectivity index (χ1v) is 7.12. The Morgan fingerprint density at radius 2 is 1.50 bits per heavy atom. The lowest BCUT2D eigenvalue weighted by Crippen LogP contribution is -2.48. The summed E-state index contributed by atoms with van der Waals surface area (Å²) in [6.45, 7) is 2.26. The SMILES string of the molecule is CCCCCCCCCCC[C@@H]1CC(=O)N1. The number of β-lactam (4-membered cyclic amide) rings is 1. The molecule has 1 rings (SSSR count). The van der Waals surface area contributed by atoms with Crippen molar-refractivity contribution in [1.29, 1.82) is 0 Å². The van der Waals surface area contributed by atoms with E-state index in [-0.39, 0.29) is 5.91 Å². The Morgan fingerprint density at radius 3 is 2.00 bits per heavy atom. The van der Waals surface area contributed by atoms with Crippen molar-refractivity contribution in [1.82, 2.24) is 5.32 Å². The highest BCUT2D eigenvalue weighted by Gasteiger charge is 2.23. The zero-order chi connectivity index (χ0) is 11.6. The molecule has 1 N–H and O–H groups in total. The van der Waals surface area contributed by atoms with Gasteiger partial charge >= 0.3 is 0 Å². The van der Waals surface area contributed by atoms with Crippen molar-refractivity contribution in [2.45, 2.75) is 83.6 Å². The molecule has 2 nitrogen and oxygen atoms in total. The van der Waals surface area contributed by atoms with Gasteiger partial charge in [0, 0.05) is 12.5 Å². The molecule has 0 bridgehead atoms. The second-order valence-electron chi connectivity index (χ2n) is 5.09. The molecule has 1 saturated heterocycles. The molecule has 94 valence electrons. The van der Waals surface area contributed by atoms with Crippen molar-refractivity contribution >= 4 is 5.91 Å². The smallest absolute Gasteiger partial charge is 0.222 e. The van der Waals surface area contributed by atoms with Crippen LogP contribution in [-0.4, -0.2) is 11.9 Å². The van der Waals surface area contributed by atoms with Crippen molar-refractivity contribution in [2.24, 2.45) is 0 Å². The fourth-order valence-corrected chi connectivity index (χ4v) is 2.31. The molecular formula is C14H27NO. The van der Waals surface area contributed by atoms with Crippen molar-refractivity contribution in [3.63, 3.8) is 0 Å². The molecule has 0 aromatic carbocycles. The van der Waals surface area contributed by atoms with Crippen LogP contribution in [-0.2, 0) is 4.79 Å². The van der Waals surface area contributed by atoms with Crippen LogP contribution in [0.3, 0.4) is 0 Å². The number of amides is 1. The molecule has 1 fully saturated rings. The van der Waals surface area contributed by atoms with Gasteiger partial charge in [0.25, 0.3) is 0 Å². The highest BCUT2D eigenvalue weighted by Crippen LogP contribution is 2.15. The van der Waals surface area contributed by atoms with Gasteiger partial charge in [-0.15, -0.1) is 0 Å². The van der Waals surface area contributed by atoms with Crippen LogP contribution in [0.1, 0.15) is 77.6 Å². The predicted molar refractivity (Wildman–Crippen MR) is 68.4 cm³/mol. The molecule has 1 aliphatic rings. The van der Waals surface area contributed by atoms with Gasteiger partial charge in [-0.25, -0.2) is 0 Å². The number of hydrogen-bond acceptors (Lipinski definition) is 1. The van der Waals surface area contributed by atoms with Gasteiger partial charge in [-0.3, -0.25) is 4.79 Å². The maximum Gasteiger partial charge on any atom is 0.222 e. The number of carbonyl (C=O) groups excluding carboxylic acids is 1. The third kappa shape index (κ3) is 6.14. The van der Waals surface area contributed by atoms with E-state index in [9.17, 15) is 4.79 Å². The molecule has 0 spiro atoms. The van der Waals surface area contributed by atoms with Crippen LogP contribution >= 0.6 is 0 Å². The van der Waals surface area contributed by atoms with E-state index in [1.165, 1.54) is 64.2 Å². The van der Waals surface area contributed by atoms with Gasteiger partial charge in [0.05, 0.1) is 0 Å². The Hall–Kier alpha value is -0.530. The first-order valence-electron chi connectivity index (χ1n) is 7.12. The van der Waals surface area contributed by atoms with Crippen LogP contribution in [0.4, 0.5) is 0 Å². The monoisotopic (exact) mass is 225 g/mol. The van der Waals surface area contributed by atoms with Gasteiger partial charge in [-0.2, -0.15) is 0 Å². The fraction of sp³-hybridized carbons (Fsp3) is 0.929. The molecule has 1 aliphatic heterocycles. The highest BCUT2D eigenvalue weighted by molar-refractivity contribution is 5.82. The van der Waals surface area contributed by atoms with E-state index in [0.29, 0.717) is 6.04 Å². The molecule has 1 atom stereocenters. The minimum atomic E-state index is 0.237. The Bertz CT molecular complexity index is 183. The third-order valence-electron chi connectivity index (χ3n) is 3.45. The van der Waals surface area contributed by atoms with Gasteiger partial charge in [0.15, 0.2) is 0 Å². The molecule has 0 radical (unpaired) electrons. The zero-order valence-electron chi connectivity index (χ0n) is 10.8. The van der Waals surface area contributed by atoms with Gasteiger partial charge in [0.1, 0.15) is 0 Å².